The van der Waals surface area contributed by atoms with Crippen molar-refractivity contribution < 1.29 is 0 Å². The number of rotatable bonds is 4. The summed E-state index contributed by atoms with van der Waals surface area (Å²) in [6.45, 7) is 9.60. The summed E-state index contributed by atoms with van der Waals surface area (Å²) < 4.78 is 0. The summed E-state index contributed by atoms with van der Waals surface area (Å²) in [7, 11) is 0. The molecule has 0 atom stereocenters. The maximum absolute atomic E-state index is 2.44. The van der Waals surface area contributed by atoms with Gasteiger partial charge in [-0.15, -0.1) is 0 Å². The van der Waals surface area contributed by atoms with E-state index in [0.717, 1.165) is 11.4 Å². The van der Waals surface area contributed by atoms with Gasteiger partial charge in [-0.1, -0.05) is 131 Å². The SMILES string of the molecule is CC1(C)c2ccccc2-c2ccc(N(c3cccc(-c4ccccc4)c3)c3ccc4ccccc4c3)cc2C1(C)C. The molecule has 1 aliphatic carbocycles. The lowest BCUT2D eigenvalue weighted by atomic mass is 9.55. The van der Waals surface area contributed by atoms with Crippen LogP contribution in [0.25, 0.3) is 33.0 Å². The van der Waals surface area contributed by atoms with E-state index in [1.807, 2.05) is 0 Å². The lowest BCUT2D eigenvalue weighted by Gasteiger charge is -2.48. The van der Waals surface area contributed by atoms with Crippen LogP contribution in [-0.2, 0) is 10.8 Å². The Labute approximate surface area is 243 Å². The molecule has 41 heavy (non-hydrogen) atoms. The number of nitrogens with zero attached hydrogens (tertiary/aromatic N) is 1. The zero-order valence-corrected chi connectivity index (χ0v) is 24.2. The minimum Gasteiger partial charge on any atom is -0.310 e. The maximum Gasteiger partial charge on any atom is 0.0468 e. The largest absolute Gasteiger partial charge is 0.310 e. The summed E-state index contributed by atoms with van der Waals surface area (Å²) in [5.74, 6) is 0. The topological polar surface area (TPSA) is 3.24 Å². The first-order valence-electron chi connectivity index (χ1n) is 14.5. The van der Waals surface area contributed by atoms with Crippen LogP contribution >= 0.6 is 0 Å². The highest BCUT2D eigenvalue weighted by atomic mass is 15.1. The molecule has 7 rings (SSSR count). The van der Waals surface area contributed by atoms with E-state index in [1.165, 1.54) is 49.8 Å². The van der Waals surface area contributed by atoms with Gasteiger partial charge < -0.3 is 4.90 Å². The van der Waals surface area contributed by atoms with E-state index in [4.69, 9.17) is 0 Å². The molecule has 0 amide bonds. The molecule has 0 saturated heterocycles. The van der Waals surface area contributed by atoms with Crippen LogP contribution in [0.1, 0.15) is 38.8 Å². The van der Waals surface area contributed by atoms with Gasteiger partial charge in [-0.2, -0.15) is 0 Å². The molecule has 0 bridgehead atoms. The Morgan fingerprint density at radius 3 is 1.80 bits per heavy atom. The van der Waals surface area contributed by atoms with Crippen LogP contribution < -0.4 is 4.90 Å². The Kier molecular flexibility index (Phi) is 5.87. The summed E-state index contributed by atoms with van der Waals surface area (Å²) >= 11 is 0. The van der Waals surface area contributed by atoms with E-state index in [9.17, 15) is 0 Å². The van der Waals surface area contributed by atoms with Crippen molar-refractivity contribution in [1.29, 1.82) is 0 Å². The molecule has 200 valence electrons. The van der Waals surface area contributed by atoms with Crippen molar-refractivity contribution in [1.82, 2.24) is 0 Å². The van der Waals surface area contributed by atoms with E-state index >= 15 is 0 Å². The van der Waals surface area contributed by atoms with E-state index in [1.54, 1.807) is 0 Å². The maximum atomic E-state index is 2.44. The van der Waals surface area contributed by atoms with Crippen LogP contribution in [0.4, 0.5) is 17.1 Å². The number of fused-ring (bicyclic) bond motifs is 4. The number of hydrogen-bond donors (Lipinski definition) is 0. The van der Waals surface area contributed by atoms with Gasteiger partial charge in [0.15, 0.2) is 0 Å². The van der Waals surface area contributed by atoms with Crippen molar-refractivity contribution in [2.75, 3.05) is 4.90 Å². The summed E-state index contributed by atoms with van der Waals surface area (Å²) in [5.41, 5.74) is 11.3. The van der Waals surface area contributed by atoms with Gasteiger partial charge in [-0.05, 0) is 91.4 Å². The van der Waals surface area contributed by atoms with Gasteiger partial charge in [0.05, 0.1) is 0 Å². The quantitative estimate of drug-likeness (QED) is 0.219. The molecule has 0 spiro atoms. The van der Waals surface area contributed by atoms with Gasteiger partial charge in [-0.3, -0.25) is 0 Å². The van der Waals surface area contributed by atoms with Crippen molar-refractivity contribution in [2.45, 2.75) is 38.5 Å². The molecule has 0 heterocycles. The Morgan fingerprint density at radius 2 is 0.976 bits per heavy atom. The monoisotopic (exact) mass is 529 g/mol. The minimum atomic E-state index is -0.0619. The van der Waals surface area contributed by atoms with Crippen LogP contribution in [0, 0.1) is 0 Å². The molecule has 0 saturated carbocycles. The summed E-state index contributed by atoms with van der Waals surface area (Å²) in [6.07, 6.45) is 0. The highest BCUT2D eigenvalue weighted by molar-refractivity contribution is 5.90. The van der Waals surface area contributed by atoms with Crippen LogP contribution in [-0.4, -0.2) is 0 Å². The first kappa shape index (κ1) is 25.4. The third-order valence-corrected chi connectivity index (χ3v) is 9.59. The molecule has 0 aromatic heterocycles. The zero-order chi connectivity index (χ0) is 28.2. The normalized spacial score (nSPS) is 14.7. The molecule has 1 aliphatic rings. The van der Waals surface area contributed by atoms with Crippen molar-refractivity contribution in [3.8, 4) is 22.3 Å². The van der Waals surface area contributed by atoms with Gasteiger partial charge in [0.1, 0.15) is 0 Å². The second-order valence-electron chi connectivity index (χ2n) is 12.3. The van der Waals surface area contributed by atoms with Gasteiger partial charge in [0, 0.05) is 17.1 Å². The van der Waals surface area contributed by atoms with Gasteiger partial charge in [0.2, 0.25) is 0 Å². The van der Waals surface area contributed by atoms with E-state index in [-0.39, 0.29) is 10.8 Å². The fraction of sp³-hybridized carbons (Fsp3) is 0.150. The Hall–Kier alpha value is -4.62. The Balaban J connectivity index is 1.45. The lowest BCUT2D eigenvalue weighted by Crippen LogP contribution is -2.43. The van der Waals surface area contributed by atoms with E-state index in [2.05, 4.69) is 172 Å². The summed E-state index contributed by atoms with van der Waals surface area (Å²) in [6, 6.07) is 51.0. The summed E-state index contributed by atoms with van der Waals surface area (Å²) in [5, 5.41) is 2.49. The van der Waals surface area contributed by atoms with Crippen molar-refractivity contribution in [2.24, 2.45) is 0 Å². The lowest BCUT2D eigenvalue weighted by molar-refractivity contribution is 0.299. The first-order valence-corrected chi connectivity index (χ1v) is 14.5. The molecule has 0 fully saturated rings. The van der Waals surface area contributed by atoms with Crippen molar-refractivity contribution in [3.05, 3.63) is 151 Å². The highest BCUT2D eigenvalue weighted by Gasteiger charge is 2.45. The third-order valence-electron chi connectivity index (χ3n) is 9.59. The van der Waals surface area contributed by atoms with Gasteiger partial charge in [-0.25, -0.2) is 0 Å². The van der Waals surface area contributed by atoms with Gasteiger partial charge >= 0.3 is 0 Å². The molecule has 0 radical (unpaired) electrons. The molecule has 0 unspecified atom stereocenters. The number of anilines is 3. The fourth-order valence-corrected chi connectivity index (χ4v) is 6.58. The second-order valence-corrected chi connectivity index (χ2v) is 12.3. The smallest absolute Gasteiger partial charge is 0.0468 e. The van der Waals surface area contributed by atoms with E-state index < -0.39 is 0 Å². The fourth-order valence-electron chi connectivity index (χ4n) is 6.58. The van der Waals surface area contributed by atoms with Crippen molar-refractivity contribution in [3.63, 3.8) is 0 Å². The molecular weight excluding hydrogens is 494 g/mol. The number of benzene rings is 6. The molecule has 0 N–H and O–H groups in total. The molecular formula is C40H35N. The Morgan fingerprint density at radius 1 is 0.390 bits per heavy atom. The van der Waals surface area contributed by atoms with Crippen LogP contribution in [0.3, 0.4) is 0 Å². The molecule has 1 nitrogen and oxygen atoms in total. The number of hydrogen-bond acceptors (Lipinski definition) is 1. The third kappa shape index (κ3) is 4.07. The molecule has 6 aromatic rings. The van der Waals surface area contributed by atoms with Crippen LogP contribution in [0.5, 0.6) is 0 Å². The average Bonchev–Trinajstić information content (AvgIpc) is 3.01. The standard InChI is InChI=1S/C40H35N/c1-39(2)37-20-11-10-19-35(37)36-24-23-34(27-38(36)40(39,3)4)41(33-22-21-29-15-8-9-16-30(29)26-33)32-18-12-17-31(25-32)28-13-6-5-7-14-28/h5-27H,1-4H3. The highest BCUT2D eigenvalue weighted by Crippen LogP contribution is 2.55. The predicted octanol–water partition coefficient (Wildman–Crippen LogP) is 11.2. The average molecular weight is 530 g/mol. The molecule has 1 heteroatoms. The Bertz CT molecular complexity index is 1890. The minimum absolute atomic E-state index is 0.0176. The first-order chi connectivity index (χ1) is 19.8. The zero-order valence-electron chi connectivity index (χ0n) is 24.2. The predicted molar refractivity (Wildman–Crippen MR) is 176 cm³/mol. The van der Waals surface area contributed by atoms with Crippen molar-refractivity contribution >= 4 is 27.8 Å². The van der Waals surface area contributed by atoms with Crippen LogP contribution in [0.2, 0.25) is 0 Å². The summed E-state index contributed by atoms with van der Waals surface area (Å²) in [4.78, 5) is 2.42. The molecule has 0 aliphatic heterocycles. The second kappa shape index (κ2) is 9.49. The molecule has 6 aromatic carbocycles. The van der Waals surface area contributed by atoms with Gasteiger partial charge in [0.25, 0.3) is 0 Å². The van der Waals surface area contributed by atoms with E-state index in [0.29, 0.717) is 0 Å². The van der Waals surface area contributed by atoms with Crippen LogP contribution in [0.15, 0.2) is 140 Å².